The zero-order valence-electron chi connectivity index (χ0n) is 55.4. The Morgan fingerprint density at radius 3 is 1.34 bits per heavy atom. The lowest BCUT2D eigenvalue weighted by Gasteiger charge is -2.35. The van der Waals surface area contributed by atoms with Gasteiger partial charge in [0.25, 0.3) is 0 Å². The number of amidine groups is 2. The summed E-state index contributed by atoms with van der Waals surface area (Å²) in [6.07, 6.45) is 3.92. The molecule has 4 aliphatic rings. The molecule has 2 fully saturated rings. The fourth-order valence-electron chi connectivity index (χ4n) is 11.2. The van der Waals surface area contributed by atoms with E-state index in [1.807, 2.05) is 97.1 Å². The number of methoxy groups -OCH3 is 2. The van der Waals surface area contributed by atoms with Crippen LogP contribution in [0.15, 0.2) is 92.6 Å². The molecule has 2 unspecified atom stereocenters. The number of likely N-dealkylation sites (N-methyl/N-ethyl adjacent to an activating group) is 1. The Kier molecular flexibility index (Phi) is 26.1. The van der Waals surface area contributed by atoms with Gasteiger partial charge < -0.3 is 43.7 Å². The van der Waals surface area contributed by atoms with Gasteiger partial charge >= 0.3 is 18.2 Å². The summed E-state index contributed by atoms with van der Waals surface area (Å²) in [5.74, 6) is 1.24. The van der Waals surface area contributed by atoms with Crippen molar-refractivity contribution in [3.05, 3.63) is 117 Å². The first kappa shape index (κ1) is 73.1. The molecule has 23 nitrogen and oxygen atoms in total. The highest BCUT2D eigenvalue weighted by molar-refractivity contribution is 7.89. The quantitative estimate of drug-likeness (QED) is 0.0836. The van der Waals surface area contributed by atoms with Crippen molar-refractivity contribution in [2.45, 2.75) is 154 Å². The number of rotatable bonds is 20. The molecule has 91 heavy (non-hydrogen) atoms. The summed E-state index contributed by atoms with van der Waals surface area (Å²) in [7, 11) is -0.738. The van der Waals surface area contributed by atoms with Crippen LogP contribution in [-0.4, -0.2) is 198 Å². The fourth-order valence-corrected chi connectivity index (χ4v) is 15.4. The highest BCUT2D eigenvalue weighted by Crippen LogP contribution is 2.34. The number of aliphatic carboxylic acids is 1. The molecule has 0 radical (unpaired) electrons. The maximum atomic E-state index is 13.8. The molecule has 0 aliphatic carbocycles. The van der Waals surface area contributed by atoms with E-state index in [4.69, 9.17) is 33.5 Å². The van der Waals surface area contributed by atoms with Gasteiger partial charge in [0.2, 0.25) is 26.0 Å². The Balaban J connectivity index is 0.000000240. The lowest BCUT2D eigenvalue weighted by Crippen LogP contribution is -2.46. The Hall–Kier alpha value is -7.00. The summed E-state index contributed by atoms with van der Waals surface area (Å²) in [6, 6.07) is 21.8. The first-order valence-electron chi connectivity index (χ1n) is 30.8. The molecule has 500 valence electrons. The van der Waals surface area contributed by atoms with Gasteiger partial charge in [0.1, 0.15) is 47.6 Å². The van der Waals surface area contributed by atoms with Crippen molar-refractivity contribution in [1.29, 1.82) is 0 Å². The van der Waals surface area contributed by atoms with E-state index in [2.05, 4.69) is 15.3 Å². The van der Waals surface area contributed by atoms with E-state index in [9.17, 15) is 36.0 Å². The third kappa shape index (κ3) is 20.2. The van der Waals surface area contributed by atoms with Gasteiger partial charge in [-0.05, 0) is 160 Å². The summed E-state index contributed by atoms with van der Waals surface area (Å²) in [4.78, 5) is 62.7. The Morgan fingerprint density at radius 1 is 0.593 bits per heavy atom. The van der Waals surface area contributed by atoms with Crippen molar-refractivity contribution in [3.63, 3.8) is 0 Å². The van der Waals surface area contributed by atoms with E-state index >= 15 is 0 Å². The van der Waals surface area contributed by atoms with Crippen molar-refractivity contribution in [2.24, 2.45) is 9.98 Å². The Labute approximate surface area is 538 Å². The second kappa shape index (κ2) is 32.5. The summed E-state index contributed by atoms with van der Waals surface area (Å²) < 4.78 is 89.5. The zero-order chi connectivity index (χ0) is 67.0. The van der Waals surface area contributed by atoms with E-state index in [0.29, 0.717) is 114 Å². The fraction of sp³-hybridized carbons (Fsp3) is 0.545. The lowest BCUT2D eigenvalue weighted by molar-refractivity contribution is -0.142. The molecule has 3 amide bonds. The Bertz CT molecular complexity index is 3410. The number of carboxylic acids is 1. The third-order valence-corrected chi connectivity index (χ3v) is 19.8. The minimum Gasteiger partial charge on any atom is -0.497 e. The predicted molar refractivity (Wildman–Crippen MR) is 348 cm³/mol. The number of ether oxygens (including phenoxy) is 6. The number of carbonyl (C=O) groups is 4. The van der Waals surface area contributed by atoms with E-state index in [1.165, 1.54) is 14.2 Å². The van der Waals surface area contributed by atoms with Crippen LogP contribution >= 0.6 is 0 Å². The number of hydrogen-bond donors (Lipinski definition) is 2. The number of carboxylic acid groups (broad SMARTS) is 1. The molecule has 4 aromatic carbocycles. The van der Waals surface area contributed by atoms with Crippen molar-refractivity contribution < 1.29 is 69.5 Å². The van der Waals surface area contributed by atoms with Crippen LogP contribution in [-0.2, 0) is 61.7 Å². The molecule has 2 saturated heterocycles. The first-order chi connectivity index (χ1) is 42.9. The summed E-state index contributed by atoms with van der Waals surface area (Å²) >= 11 is 0. The van der Waals surface area contributed by atoms with Gasteiger partial charge in [0.05, 0.1) is 63.4 Å². The highest BCUT2D eigenvalue weighted by atomic mass is 32.2. The minimum atomic E-state index is -3.77. The normalized spacial score (nSPS) is 17.4. The molecular formula is C66H94N8O15S2. The number of aryl methyl sites for hydroxylation is 4. The van der Waals surface area contributed by atoms with Crippen LogP contribution < -0.4 is 14.8 Å². The largest absolute Gasteiger partial charge is 0.497 e. The molecule has 4 aromatic rings. The number of benzene rings is 4. The van der Waals surface area contributed by atoms with Crippen molar-refractivity contribution in [2.75, 3.05) is 94.0 Å². The topological polar surface area (TPSA) is 265 Å². The maximum absolute atomic E-state index is 13.8. The average Bonchev–Trinajstić information content (AvgIpc) is 1.38. The summed E-state index contributed by atoms with van der Waals surface area (Å²) in [5, 5.41) is 11.8. The van der Waals surface area contributed by atoms with E-state index in [0.717, 1.165) is 48.9 Å². The molecule has 2 N–H and O–H groups in total. The molecule has 0 spiro atoms. The second-order valence-corrected chi connectivity index (χ2v) is 28.6. The number of nitrogens with one attached hydrogen (secondary N) is 1. The number of amides is 3. The van der Waals surface area contributed by atoms with Gasteiger partial charge in [-0.1, -0.05) is 61.4 Å². The van der Waals surface area contributed by atoms with Crippen LogP contribution in [0.5, 0.6) is 11.5 Å². The number of hydrogen-bond acceptors (Lipinski definition) is 17. The van der Waals surface area contributed by atoms with E-state index in [1.54, 1.807) is 87.9 Å². The average molecular weight is 1300 g/mol. The minimum absolute atomic E-state index is 0.0831. The zero-order valence-corrected chi connectivity index (χ0v) is 57.1. The Morgan fingerprint density at radius 2 is 0.978 bits per heavy atom. The standard InChI is InChI=1S/C33H46N4O7S.C17H25NO6S.C16H23N3O2/c1-23-18-28(42-7)19-24(2)30(23)45(40,41)37-16-9-8-10-27(37)21-43-22-29(38)35(6)20-25-11-13-26(14-12-25)31-34-15-17-36(31)32(39)44-33(3,4)5;1-12-8-15(23-3)9-13(2)17(12)25(21,22)18-7-5-4-6-14(18)10-24-11-16(19)20;1-16(2,3)21-15(20)19-10-9-18-14(19)13-7-5-12(6-8-13)11-17-4/h11-14,18-19,27H,8-10,15-17,20-22H2,1-7H3;8-9,14H,4-7,10-11H2,1-3H3,(H,19,20);5-8,17H,9-11H2,1-4H3. The molecule has 4 aliphatic heterocycles. The van der Waals surface area contributed by atoms with Crippen LogP contribution in [0.25, 0.3) is 0 Å². The van der Waals surface area contributed by atoms with Gasteiger partial charge in [-0.3, -0.25) is 24.6 Å². The first-order valence-corrected chi connectivity index (χ1v) is 33.7. The van der Waals surface area contributed by atoms with Gasteiger partial charge in [0, 0.05) is 56.4 Å². The van der Waals surface area contributed by atoms with Crippen molar-refractivity contribution >= 4 is 55.8 Å². The SMILES string of the molecule is CNCc1ccc(C2=NCCN2C(=O)OC(C)(C)C)cc1.COc1cc(C)c(S(=O)(=O)N2CCCCC2COCC(=O)N(C)Cc2ccc(C3=NCCN3C(=O)OC(C)(C)C)cc2)c(C)c1.COc1cc(C)c(S(=O)(=O)N2CCCCC2COCC(=O)O)c(C)c1. The van der Waals surface area contributed by atoms with Gasteiger partial charge in [-0.15, -0.1) is 0 Å². The van der Waals surface area contributed by atoms with Crippen molar-refractivity contribution in [1.82, 2.24) is 28.6 Å². The van der Waals surface area contributed by atoms with E-state index < -0.39 is 49.9 Å². The molecule has 0 saturated carbocycles. The molecule has 0 aromatic heterocycles. The number of nitrogens with zero attached hydrogens (tertiary/aromatic N) is 7. The molecular weight excluding hydrogens is 1210 g/mol. The molecule has 4 heterocycles. The van der Waals surface area contributed by atoms with Crippen LogP contribution in [0.3, 0.4) is 0 Å². The van der Waals surface area contributed by atoms with Gasteiger partial charge in [-0.2, -0.15) is 8.61 Å². The van der Waals surface area contributed by atoms with Crippen molar-refractivity contribution in [3.8, 4) is 11.5 Å². The third-order valence-electron chi connectivity index (χ3n) is 15.3. The smallest absolute Gasteiger partial charge is 0.416 e. The monoisotopic (exact) mass is 1300 g/mol. The molecule has 2 atom stereocenters. The van der Waals surface area contributed by atoms with E-state index in [-0.39, 0.29) is 43.9 Å². The summed E-state index contributed by atoms with van der Waals surface area (Å²) in [6.45, 7) is 22.0. The number of aliphatic imine (C=N–C) groups is 2. The molecule has 25 heteroatoms. The lowest BCUT2D eigenvalue weighted by atomic mass is 10.1. The van der Waals surface area contributed by atoms with Crippen LogP contribution in [0, 0.1) is 27.7 Å². The van der Waals surface area contributed by atoms with Gasteiger partial charge in [-0.25, -0.2) is 31.2 Å². The maximum Gasteiger partial charge on any atom is 0.416 e. The molecule has 8 rings (SSSR count). The van der Waals surface area contributed by atoms with Crippen LogP contribution in [0.1, 0.15) is 125 Å². The summed E-state index contributed by atoms with van der Waals surface area (Å²) in [5.41, 5.74) is 5.29. The highest BCUT2D eigenvalue weighted by Gasteiger charge is 2.38. The number of piperidine rings is 2. The number of carbonyl (C=O) groups excluding carboxylic acids is 3. The molecule has 0 bridgehead atoms. The second-order valence-electron chi connectivity index (χ2n) is 25.0. The van der Waals surface area contributed by atoms with Crippen LogP contribution in [0.4, 0.5) is 9.59 Å². The number of sulfonamides is 2. The predicted octanol–water partition coefficient (Wildman–Crippen LogP) is 8.89. The van der Waals surface area contributed by atoms with Gasteiger partial charge in [0.15, 0.2) is 0 Å². The van der Waals surface area contributed by atoms with Crippen LogP contribution in [0.2, 0.25) is 0 Å².